The van der Waals surface area contributed by atoms with Crippen LogP contribution in [0.25, 0.3) is 0 Å². The van der Waals surface area contributed by atoms with Crippen molar-refractivity contribution < 1.29 is 14.3 Å². The van der Waals surface area contributed by atoms with Gasteiger partial charge in [-0.3, -0.25) is 9.69 Å². The molecule has 2 heterocycles. The molecule has 3 rings (SSSR count). The average Bonchev–Trinajstić information content (AvgIpc) is 2.65. The summed E-state index contributed by atoms with van der Waals surface area (Å²) < 4.78 is 11.2. The third-order valence-corrected chi connectivity index (χ3v) is 4.26. The Morgan fingerprint density at radius 2 is 2.24 bits per heavy atom. The van der Waals surface area contributed by atoms with E-state index in [0.717, 1.165) is 12.1 Å². The van der Waals surface area contributed by atoms with E-state index in [9.17, 15) is 4.79 Å². The fourth-order valence-electron chi connectivity index (χ4n) is 2.63. The molecule has 0 saturated carbocycles. The molecule has 132 valence electrons. The number of benzene rings is 1. The summed E-state index contributed by atoms with van der Waals surface area (Å²) in [4.78, 5) is 18.2. The van der Waals surface area contributed by atoms with Gasteiger partial charge in [0.15, 0.2) is 0 Å². The van der Waals surface area contributed by atoms with Crippen LogP contribution in [0.5, 0.6) is 11.6 Å². The summed E-state index contributed by atoms with van der Waals surface area (Å²) in [6, 6.07) is 11.0. The number of halogens is 1. The summed E-state index contributed by atoms with van der Waals surface area (Å²) in [5, 5.41) is 3.17. The number of rotatable bonds is 5. The highest BCUT2D eigenvalue weighted by Gasteiger charge is 2.25. The van der Waals surface area contributed by atoms with Gasteiger partial charge in [-0.25, -0.2) is 4.98 Å². The number of nitrogens with zero attached hydrogens (tertiary/aromatic N) is 2. The number of pyridine rings is 1. The van der Waals surface area contributed by atoms with E-state index in [-0.39, 0.29) is 5.91 Å². The molecule has 7 heteroatoms. The number of hydrogen-bond donors (Lipinski definition) is 1. The maximum Gasteiger partial charge on any atom is 0.250 e. The van der Waals surface area contributed by atoms with Crippen molar-refractivity contribution in [2.45, 2.75) is 12.6 Å². The van der Waals surface area contributed by atoms with Crippen LogP contribution in [-0.2, 0) is 16.1 Å². The zero-order chi connectivity index (χ0) is 17.6. The second kappa shape index (κ2) is 8.29. The molecule has 0 bridgehead atoms. The Morgan fingerprint density at radius 3 is 2.96 bits per heavy atom. The van der Waals surface area contributed by atoms with E-state index in [1.165, 1.54) is 0 Å². The molecular weight excluding hydrogens is 342 g/mol. The van der Waals surface area contributed by atoms with E-state index in [1.54, 1.807) is 25.4 Å². The minimum atomic E-state index is -0.422. The molecule has 1 atom stereocenters. The molecular formula is C18H20ClN3O3. The fourth-order valence-corrected chi connectivity index (χ4v) is 2.80. The normalized spacial score (nSPS) is 17.9. The second-order valence-electron chi connectivity index (χ2n) is 5.75. The van der Waals surface area contributed by atoms with Crippen molar-refractivity contribution in [2.24, 2.45) is 0 Å². The number of para-hydroxylation sites is 1. The molecule has 0 aliphatic carbocycles. The first-order chi connectivity index (χ1) is 12.2. The van der Waals surface area contributed by atoms with Gasteiger partial charge in [-0.2, -0.15) is 0 Å². The Balaban J connectivity index is 1.59. The van der Waals surface area contributed by atoms with Gasteiger partial charge in [0.1, 0.15) is 11.9 Å². The highest BCUT2D eigenvalue weighted by molar-refractivity contribution is 6.32. The smallest absolute Gasteiger partial charge is 0.250 e. The SMILES string of the molecule is CNC(=O)C1CN(Cc2ccc(Oc3ccccc3Cl)nc2)CCO1. The number of aromatic nitrogens is 1. The van der Waals surface area contributed by atoms with Crippen molar-refractivity contribution in [2.75, 3.05) is 26.7 Å². The maximum atomic E-state index is 11.7. The molecule has 1 aromatic heterocycles. The Morgan fingerprint density at radius 1 is 1.40 bits per heavy atom. The first-order valence-corrected chi connectivity index (χ1v) is 8.46. The molecule has 0 radical (unpaired) electrons. The third-order valence-electron chi connectivity index (χ3n) is 3.94. The summed E-state index contributed by atoms with van der Waals surface area (Å²) in [5.41, 5.74) is 1.05. The van der Waals surface area contributed by atoms with E-state index in [1.807, 2.05) is 24.3 Å². The fraction of sp³-hybridized carbons (Fsp3) is 0.333. The van der Waals surface area contributed by atoms with Gasteiger partial charge in [0.2, 0.25) is 11.8 Å². The Labute approximate surface area is 151 Å². The number of hydrogen-bond acceptors (Lipinski definition) is 5. The quantitative estimate of drug-likeness (QED) is 0.886. The molecule has 25 heavy (non-hydrogen) atoms. The minimum Gasteiger partial charge on any atom is -0.437 e. The largest absolute Gasteiger partial charge is 0.437 e. The predicted molar refractivity (Wildman–Crippen MR) is 94.8 cm³/mol. The van der Waals surface area contributed by atoms with Gasteiger partial charge in [0.25, 0.3) is 0 Å². The van der Waals surface area contributed by atoms with Gasteiger partial charge in [0.05, 0.1) is 11.6 Å². The molecule has 1 aliphatic heterocycles. The van der Waals surface area contributed by atoms with Crippen LogP contribution in [0.3, 0.4) is 0 Å². The number of amides is 1. The van der Waals surface area contributed by atoms with Crippen LogP contribution >= 0.6 is 11.6 Å². The Kier molecular flexibility index (Phi) is 5.86. The van der Waals surface area contributed by atoms with E-state index >= 15 is 0 Å². The van der Waals surface area contributed by atoms with Crippen LogP contribution in [0.2, 0.25) is 5.02 Å². The molecule has 1 saturated heterocycles. The number of carbonyl (C=O) groups excluding carboxylic acids is 1. The summed E-state index contributed by atoms with van der Waals surface area (Å²) in [5.74, 6) is 0.972. The molecule has 1 amide bonds. The van der Waals surface area contributed by atoms with Crippen LogP contribution < -0.4 is 10.1 Å². The van der Waals surface area contributed by atoms with Crippen LogP contribution in [-0.4, -0.2) is 48.6 Å². The summed E-state index contributed by atoms with van der Waals surface area (Å²) in [6.07, 6.45) is 1.35. The van der Waals surface area contributed by atoms with Gasteiger partial charge < -0.3 is 14.8 Å². The molecule has 1 aromatic carbocycles. The van der Waals surface area contributed by atoms with Crippen LogP contribution in [0.15, 0.2) is 42.6 Å². The second-order valence-corrected chi connectivity index (χ2v) is 6.15. The van der Waals surface area contributed by atoms with Crippen LogP contribution in [0, 0.1) is 0 Å². The van der Waals surface area contributed by atoms with Gasteiger partial charge in [0, 0.05) is 38.9 Å². The monoisotopic (exact) mass is 361 g/mol. The van der Waals surface area contributed by atoms with Crippen molar-refractivity contribution in [1.29, 1.82) is 0 Å². The molecule has 0 spiro atoms. The van der Waals surface area contributed by atoms with E-state index in [0.29, 0.717) is 36.3 Å². The first-order valence-electron chi connectivity index (χ1n) is 8.08. The number of ether oxygens (including phenoxy) is 2. The van der Waals surface area contributed by atoms with E-state index < -0.39 is 6.10 Å². The van der Waals surface area contributed by atoms with Crippen LogP contribution in [0.4, 0.5) is 0 Å². The lowest BCUT2D eigenvalue weighted by Crippen LogP contribution is -2.48. The van der Waals surface area contributed by atoms with Crippen LogP contribution in [0.1, 0.15) is 5.56 Å². The van der Waals surface area contributed by atoms with Crippen molar-refractivity contribution in [3.63, 3.8) is 0 Å². The Hall–Kier alpha value is -2.15. The van der Waals surface area contributed by atoms with Crippen molar-refractivity contribution in [1.82, 2.24) is 15.2 Å². The number of morpholine rings is 1. The van der Waals surface area contributed by atoms with E-state index in [4.69, 9.17) is 21.1 Å². The van der Waals surface area contributed by atoms with Crippen molar-refractivity contribution in [3.8, 4) is 11.6 Å². The molecule has 1 unspecified atom stereocenters. The van der Waals surface area contributed by atoms with Gasteiger partial charge in [-0.05, 0) is 17.7 Å². The molecule has 1 fully saturated rings. The van der Waals surface area contributed by atoms with Crippen molar-refractivity contribution in [3.05, 3.63) is 53.2 Å². The molecule has 6 nitrogen and oxygen atoms in total. The number of carbonyl (C=O) groups is 1. The highest BCUT2D eigenvalue weighted by Crippen LogP contribution is 2.27. The summed E-state index contributed by atoms with van der Waals surface area (Å²) >= 11 is 6.08. The average molecular weight is 362 g/mol. The lowest BCUT2D eigenvalue weighted by Gasteiger charge is -2.31. The lowest BCUT2D eigenvalue weighted by atomic mass is 10.2. The van der Waals surface area contributed by atoms with Crippen molar-refractivity contribution >= 4 is 17.5 Å². The lowest BCUT2D eigenvalue weighted by molar-refractivity contribution is -0.138. The molecule has 1 aliphatic rings. The summed E-state index contributed by atoms with van der Waals surface area (Å²) in [7, 11) is 1.62. The standard InChI is InChI=1S/C18H20ClN3O3/c1-20-18(23)16-12-22(8-9-24-16)11-13-6-7-17(21-10-13)25-15-5-3-2-4-14(15)19/h2-7,10,16H,8-9,11-12H2,1H3,(H,20,23). The summed E-state index contributed by atoms with van der Waals surface area (Å²) in [6.45, 7) is 2.60. The topological polar surface area (TPSA) is 63.7 Å². The zero-order valence-electron chi connectivity index (χ0n) is 13.9. The maximum absolute atomic E-state index is 11.7. The van der Waals surface area contributed by atoms with Gasteiger partial charge >= 0.3 is 0 Å². The first kappa shape index (κ1) is 17.7. The van der Waals surface area contributed by atoms with E-state index in [2.05, 4.69) is 15.2 Å². The Bertz CT molecular complexity index is 724. The van der Waals surface area contributed by atoms with Gasteiger partial charge in [-0.15, -0.1) is 0 Å². The zero-order valence-corrected chi connectivity index (χ0v) is 14.7. The number of nitrogens with one attached hydrogen (secondary N) is 1. The third kappa shape index (κ3) is 4.69. The number of likely N-dealkylation sites (N-methyl/N-ethyl adjacent to an activating group) is 1. The minimum absolute atomic E-state index is 0.0914. The highest BCUT2D eigenvalue weighted by atomic mass is 35.5. The molecule has 2 aromatic rings. The predicted octanol–water partition coefficient (Wildman–Crippen LogP) is 2.47. The van der Waals surface area contributed by atoms with Gasteiger partial charge in [-0.1, -0.05) is 29.8 Å². The molecule has 1 N–H and O–H groups in total.